The second-order valence-corrected chi connectivity index (χ2v) is 5.61. The molecule has 5 heteroatoms. The molecule has 1 aliphatic rings. The van der Waals surface area contributed by atoms with Gasteiger partial charge in [-0.2, -0.15) is 0 Å². The van der Waals surface area contributed by atoms with Gasteiger partial charge in [0.05, 0.1) is 30.1 Å². The standard InChI is InChI=1S/C11H20Cl2O3/c1-10(14,6-12)8-3-4-9(16-5-8)11(2,15)7-13/h8-9,14-15H,3-7H2,1-2H3. The predicted octanol–water partition coefficient (Wildman–Crippen LogP) is 1.76. The molecule has 1 rings (SSSR count). The van der Waals surface area contributed by atoms with Gasteiger partial charge in [-0.15, -0.1) is 23.2 Å². The van der Waals surface area contributed by atoms with Crippen LogP contribution >= 0.6 is 23.2 Å². The number of hydrogen-bond donors (Lipinski definition) is 2. The highest BCUT2D eigenvalue weighted by molar-refractivity contribution is 6.18. The molecule has 0 bridgehead atoms. The molecule has 3 nitrogen and oxygen atoms in total. The van der Waals surface area contributed by atoms with Crippen LogP contribution < -0.4 is 0 Å². The predicted molar refractivity (Wildman–Crippen MR) is 65.2 cm³/mol. The van der Waals surface area contributed by atoms with Crippen LogP contribution in [-0.2, 0) is 4.74 Å². The highest BCUT2D eigenvalue weighted by Gasteiger charge is 2.40. The first-order valence-corrected chi connectivity index (χ1v) is 6.58. The van der Waals surface area contributed by atoms with E-state index in [-0.39, 0.29) is 23.8 Å². The zero-order valence-electron chi connectivity index (χ0n) is 9.75. The van der Waals surface area contributed by atoms with Crippen LogP contribution in [0.25, 0.3) is 0 Å². The average molecular weight is 271 g/mol. The maximum Gasteiger partial charge on any atom is 0.101 e. The maximum atomic E-state index is 9.99. The highest BCUT2D eigenvalue weighted by Crippen LogP contribution is 2.33. The Morgan fingerprint density at radius 1 is 1.12 bits per heavy atom. The third kappa shape index (κ3) is 3.23. The van der Waals surface area contributed by atoms with Gasteiger partial charge in [0.1, 0.15) is 5.60 Å². The highest BCUT2D eigenvalue weighted by atomic mass is 35.5. The number of alkyl halides is 2. The van der Waals surface area contributed by atoms with Gasteiger partial charge in [0.15, 0.2) is 0 Å². The second-order valence-electron chi connectivity index (χ2n) is 5.08. The Labute approximate surface area is 107 Å². The molecule has 0 aromatic rings. The van der Waals surface area contributed by atoms with E-state index in [0.29, 0.717) is 13.0 Å². The lowest BCUT2D eigenvalue weighted by molar-refractivity contribution is -0.146. The van der Waals surface area contributed by atoms with Crippen LogP contribution in [-0.4, -0.2) is 45.9 Å². The summed E-state index contributed by atoms with van der Waals surface area (Å²) in [7, 11) is 0. The molecule has 16 heavy (non-hydrogen) atoms. The largest absolute Gasteiger partial charge is 0.389 e. The van der Waals surface area contributed by atoms with Crippen molar-refractivity contribution in [3.8, 4) is 0 Å². The fourth-order valence-electron chi connectivity index (χ4n) is 1.93. The van der Waals surface area contributed by atoms with E-state index in [1.165, 1.54) is 0 Å². The van der Waals surface area contributed by atoms with Crippen LogP contribution in [0.15, 0.2) is 0 Å². The molecule has 0 radical (unpaired) electrons. The van der Waals surface area contributed by atoms with Crippen molar-refractivity contribution in [2.75, 3.05) is 18.4 Å². The molecule has 1 fully saturated rings. The molecule has 0 aliphatic carbocycles. The minimum Gasteiger partial charge on any atom is -0.389 e. The van der Waals surface area contributed by atoms with E-state index in [1.54, 1.807) is 13.8 Å². The lowest BCUT2D eigenvalue weighted by Gasteiger charge is -2.41. The molecule has 0 aromatic carbocycles. The fourth-order valence-corrected chi connectivity index (χ4v) is 2.32. The van der Waals surface area contributed by atoms with Crippen molar-refractivity contribution >= 4 is 23.2 Å². The van der Waals surface area contributed by atoms with Gasteiger partial charge in [-0.25, -0.2) is 0 Å². The van der Waals surface area contributed by atoms with Crippen LogP contribution in [0.1, 0.15) is 26.7 Å². The molecule has 4 unspecified atom stereocenters. The lowest BCUT2D eigenvalue weighted by atomic mass is 9.82. The van der Waals surface area contributed by atoms with E-state index in [9.17, 15) is 10.2 Å². The van der Waals surface area contributed by atoms with Gasteiger partial charge in [0.25, 0.3) is 0 Å². The van der Waals surface area contributed by atoms with Crippen LogP contribution in [0, 0.1) is 5.92 Å². The first kappa shape index (κ1) is 14.5. The van der Waals surface area contributed by atoms with Gasteiger partial charge >= 0.3 is 0 Å². The molecule has 1 saturated heterocycles. The number of aliphatic hydroxyl groups is 2. The Hall–Kier alpha value is 0.460. The molecule has 4 atom stereocenters. The summed E-state index contributed by atoms with van der Waals surface area (Å²) in [6, 6.07) is 0. The van der Waals surface area contributed by atoms with Crippen LogP contribution in [0.4, 0.5) is 0 Å². The molecular formula is C11H20Cl2O3. The summed E-state index contributed by atoms with van der Waals surface area (Å²) in [4.78, 5) is 0. The minimum absolute atomic E-state index is 0.0207. The van der Waals surface area contributed by atoms with Crippen molar-refractivity contribution in [3.05, 3.63) is 0 Å². The molecule has 2 N–H and O–H groups in total. The Morgan fingerprint density at radius 2 is 1.69 bits per heavy atom. The summed E-state index contributed by atoms with van der Waals surface area (Å²) in [6.45, 7) is 3.80. The maximum absolute atomic E-state index is 9.99. The summed E-state index contributed by atoms with van der Waals surface area (Å²) >= 11 is 11.4. The zero-order valence-corrected chi connectivity index (χ0v) is 11.3. The SMILES string of the molecule is CC(O)(CCl)C1CCC(C(C)(O)CCl)OC1. The molecular weight excluding hydrogens is 251 g/mol. The first-order chi connectivity index (χ1) is 7.33. The summed E-state index contributed by atoms with van der Waals surface area (Å²) in [5.41, 5.74) is -1.90. The van der Waals surface area contributed by atoms with E-state index < -0.39 is 11.2 Å². The number of halogens is 2. The third-order valence-electron chi connectivity index (χ3n) is 3.39. The average Bonchev–Trinajstić information content (AvgIpc) is 2.29. The number of ether oxygens (including phenoxy) is 1. The summed E-state index contributed by atoms with van der Waals surface area (Å²) in [6.07, 6.45) is 1.22. The lowest BCUT2D eigenvalue weighted by Crippen LogP contribution is -2.50. The van der Waals surface area contributed by atoms with Crippen molar-refractivity contribution < 1.29 is 14.9 Å². The van der Waals surface area contributed by atoms with Crippen molar-refractivity contribution in [2.45, 2.75) is 44.0 Å². The fraction of sp³-hybridized carbons (Fsp3) is 1.00. The monoisotopic (exact) mass is 270 g/mol. The Morgan fingerprint density at radius 3 is 2.06 bits per heavy atom. The van der Waals surface area contributed by atoms with Gasteiger partial charge in [-0.1, -0.05) is 0 Å². The summed E-state index contributed by atoms with van der Waals surface area (Å²) in [5.74, 6) is 0.360. The van der Waals surface area contributed by atoms with Crippen LogP contribution in [0.3, 0.4) is 0 Å². The molecule has 0 aromatic heterocycles. The molecule has 0 saturated carbocycles. The van der Waals surface area contributed by atoms with E-state index in [2.05, 4.69) is 0 Å². The molecule has 1 heterocycles. The molecule has 0 spiro atoms. The Balaban J connectivity index is 2.52. The van der Waals surface area contributed by atoms with Gasteiger partial charge in [0, 0.05) is 5.92 Å². The minimum atomic E-state index is -1.00. The number of hydrogen-bond acceptors (Lipinski definition) is 3. The Kier molecular flexibility index (Phi) is 4.90. The van der Waals surface area contributed by atoms with Crippen LogP contribution in [0.5, 0.6) is 0 Å². The second kappa shape index (κ2) is 5.40. The molecule has 1 aliphatic heterocycles. The van der Waals surface area contributed by atoms with Gasteiger partial charge in [-0.05, 0) is 26.7 Å². The van der Waals surface area contributed by atoms with Crippen molar-refractivity contribution in [2.24, 2.45) is 5.92 Å². The topological polar surface area (TPSA) is 49.7 Å². The van der Waals surface area contributed by atoms with E-state index in [1.807, 2.05) is 0 Å². The van der Waals surface area contributed by atoms with Crippen LogP contribution in [0.2, 0.25) is 0 Å². The van der Waals surface area contributed by atoms with Gasteiger partial charge in [-0.3, -0.25) is 0 Å². The quantitative estimate of drug-likeness (QED) is 0.766. The third-order valence-corrected chi connectivity index (χ3v) is 4.47. The zero-order chi connectivity index (χ0) is 12.4. The molecule has 0 amide bonds. The normalized spacial score (nSPS) is 34.1. The van der Waals surface area contributed by atoms with E-state index in [0.717, 1.165) is 6.42 Å². The van der Waals surface area contributed by atoms with Crippen molar-refractivity contribution in [1.29, 1.82) is 0 Å². The summed E-state index contributed by atoms with van der Waals surface area (Å²) < 4.78 is 5.58. The van der Waals surface area contributed by atoms with Crippen molar-refractivity contribution in [1.82, 2.24) is 0 Å². The van der Waals surface area contributed by atoms with Gasteiger partial charge < -0.3 is 14.9 Å². The smallest absolute Gasteiger partial charge is 0.101 e. The van der Waals surface area contributed by atoms with E-state index in [4.69, 9.17) is 27.9 Å². The van der Waals surface area contributed by atoms with Crippen molar-refractivity contribution in [3.63, 3.8) is 0 Å². The first-order valence-electron chi connectivity index (χ1n) is 5.52. The van der Waals surface area contributed by atoms with E-state index >= 15 is 0 Å². The Bertz CT molecular complexity index is 199. The van der Waals surface area contributed by atoms with Gasteiger partial charge in [0.2, 0.25) is 0 Å². The number of rotatable bonds is 4. The molecule has 96 valence electrons. The summed E-state index contributed by atoms with van der Waals surface area (Å²) in [5, 5.41) is 19.9.